The molecule has 1 saturated heterocycles. The molecule has 152 valence electrons. The summed E-state index contributed by atoms with van der Waals surface area (Å²) in [5.41, 5.74) is 1.36. The van der Waals surface area contributed by atoms with Crippen LogP contribution < -0.4 is 5.56 Å². The highest BCUT2D eigenvalue weighted by Crippen LogP contribution is 2.38. The van der Waals surface area contributed by atoms with Crippen molar-refractivity contribution in [3.05, 3.63) is 46.0 Å². The molecule has 2 amide bonds. The number of nitrogens with zero attached hydrogens (tertiary/aromatic N) is 3. The minimum atomic E-state index is -0.996. The molecule has 0 unspecified atom stereocenters. The first-order valence-corrected chi connectivity index (χ1v) is 9.90. The average Bonchev–Trinajstić information content (AvgIpc) is 2.97. The Morgan fingerprint density at radius 3 is 2.52 bits per heavy atom. The van der Waals surface area contributed by atoms with Gasteiger partial charge in [0, 0.05) is 12.3 Å². The lowest BCUT2D eigenvalue weighted by molar-refractivity contribution is -0.159. The summed E-state index contributed by atoms with van der Waals surface area (Å²) in [6.07, 6.45) is 4.86. The molecule has 0 N–H and O–H groups in total. The van der Waals surface area contributed by atoms with Crippen molar-refractivity contribution >= 4 is 23.4 Å². The Morgan fingerprint density at radius 2 is 1.86 bits per heavy atom. The van der Waals surface area contributed by atoms with E-state index in [1.165, 1.54) is 17.4 Å². The molecule has 29 heavy (non-hydrogen) atoms. The molecule has 3 heterocycles. The zero-order valence-electron chi connectivity index (χ0n) is 16.5. The molecule has 3 atom stereocenters. The standard InChI is InChI=1S/C21H23N3O5/c1-12-6-5-9-23-17(25)10-14(22-18(12)23)11-29-21(28)13(2)24-19(26)15-7-3-4-8-16(15)20(24)27/h5-6,9-10,13,15-16H,3-4,7-8,11H2,1-2H3/t13-,15-,16+/m0/s1. The predicted octanol–water partition coefficient (Wildman–Crippen LogP) is 1.61. The van der Waals surface area contributed by atoms with Crippen LogP contribution in [-0.4, -0.2) is 38.1 Å². The number of imide groups is 1. The molecule has 1 aliphatic heterocycles. The van der Waals surface area contributed by atoms with Crippen molar-refractivity contribution in [2.24, 2.45) is 11.8 Å². The number of amides is 2. The van der Waals surface area contributed by atoms with Crippen molar-refractivity contribution in [3.8, 4) is 0 Å². The Labute approximate surface area is 167 Å². The van der Waals surface area contributed by atoms with Crippen LogP contribution in [0.1, 0.15) is 43.9 Å². The van der Waals surface area contributed by atoms with E-state index in [9.17, 15) is 19.2 Å². The van der Waals surface area contributed by atoms with E-state index >= 15 is 0 Å². The van der Waals surface area contributed by atoms with E-state index < -0.39 is 12.0 Å². The molecule has 0 aromatic carbocycles. The highest BCUT2D eigenvalue weighted by atomic mass is 16.5. The van der Waals surface area contributed by atoms with E-state index in [0.717, 1.165) is 23.3 Å². The predicted molar refractivity (Wildman–Crippen MR) is 103 cm³/mol. The molecule has 2 aromatic heterocycles. The number of likely N-dealkylation sites (tertiary alicyclic amines) is 1. The molecule has 8 nitrogen and oxygen atoms in total. The molecule has 2 fully saturated rings. The van der Waals surface area contributed by atoms with Gasteiger partial charge in [0.1, 0.15) is 18.3 Å². The Bertz CT molecular complexity index is 1040. The monoisotopic (exact) mass is 397 g/mol. The summed E-state index contributed by atoms with van der Waals surface area (Å²) in [7, 11) is 0. The lowest BCUT2D eigenvalue weighted by Gasteiger charge is -2.21. The van der Waals surface area contributed by atoms with E-state index in [1.807, 2.05) is 13.0 Å². The van der Waals surface area contributed by atoms with Crippen LogP contribution in [0.2, 0.25) is 0 Å². The highest BCUT2D eigenvalue weighted by molar-refractivity contribution is 6.07. The van der Waals surface area contributed by atoms with Gasteiger partial charge in [0.05, 0.1) is 17.5 Å². The van der Waals surface area contributed by atoms with Gasteiger partial charge in [0.2, 0.25) is 11.8 Å². The Hall–Kier alpha value is -3.03. The number of ether oxygens (including phenoxy) is 1. The van der Waals surface area contributed by atoms with Gasteiger partial charge < -0.3 is 4.74 Å². The molecule has 8 heteroatoms. The van der Waals surface area contributed by atoms with Gasteiger partial charge in [-0.1, -0.05) is 18.9 Å². The fourth-order valence-electron chi connectivity index (χ4n) is 4.32. The van der Waals surface area contributed by atoms with E-state index in [0.29, 0.717) is 24.2 Å². The molecule has 1 aliphatic carbocycles. The topological polar surface area (TPSA) is 98.0 Å². The smallest absolute Gasteiger partial charge is 0.329 e. The summed E-state index contributed by atoms with van der Waals surface area (Å²) in [6.45, 7) is 3.14. The largest absolute Gasteiger partial charge is 0.458 e. The van der Waals surface area contributed by atoms with Gasteiger partial charge >= 0.3 is 5.97 Å². The van der Waals surface area contributed by atoms with Gasteiger partial charge in [-0.2, -0.15) is 0 Å². The summed E-state index contributed by atoms with van der Waals surface area (Å²) < 4.78 is 6.72. The minimum Gasteiger partial charge on any atom is -0.458 e. The van der Waals surface area contributed by atoms with Crippen LogP contribution in [0.25, 0.3) is 5.65 Å². The number of pyridine rings is 1. The van der Waals surface area contributed by atoms with E-state index in [-0.39, 0.29) is 35.8 Å². The second-order valence-electron chi connectivity index (χ2n) is 7.80. The highest BCUT2D eigenvalue weighted by Gasteiger charge is 2.51. The molecule has 4 rings (SSSR count). The number of fused-ring (bicyclic) bond motifs is 2. The normalized spacial score (nSPS) is 22.6. The molecule has 2 aromatic rings. The maximum absolute atomic E-state index is 12.6. The minimum absolute atomic E-state index is 0.202. The Morgan fingerprint density at radius 1 is 1.21 bits per heavy atom. The SMILES string of the molecule is Cc1cccn2c(=O)cc(COC(=O)[C@H](C)N3C(=O)[C@H]4CCCC[C@H]4C3=O)nc12. The molecule has 1 saturated carbocycles. The molecule has 2 aliphatic rings. The van der Waals surface area contributed by atoms with Crippen LogP contribution in [0.4, 0.5) is 0 Å². The summed E-state index contributed by atoms with van der Waals surface area (Å²) in [5.74, 6) is -1.85. The van der Waals surface area contributed by atoms with Crippen molar-refractivity contribution in [2.75, 3.05) is 0 Å². The Balaban J connectivity index is 1.48. The van der Waals surface area contributed by atoms with Crippen LogP contribution in [0.15, 0.2) is 29.2 Å². The number of rotatable bonds is 4. The maximum Gasteiger partial charge on any atom is 0.329 e. The summed E-state index contributed by atoms with van der Waals surface area (Å²) in [5, 5.41) is 0. The second-order valence-corrected chi connectivity index (χ2v) is 7.80. The van der Waals surface area contributed by atoms with Crippen LogP contribution in [0.3, 0.4) is 0 Å². The number of hydrogen-bond acceptors (Lipinski definition) is 6. The zero-order chi connectivity index (χ0) is 20.7. The third kappa shape index (κ3) is 3.32. The molecule has 0 radical (unpaired) electrons. The van der Waals surface area contributed by atoms with Gasteiger partial charge in [-0.3, -0.25) is 23.7 Å². The first-order valence-electron chi connectivity index (χ1n) is 9.90. The van der Waals surface area contributed by atoms with Crippen LogP contribution in [-0.2, 0) is 25.7 Å². The third-order valence-corrected chi connectivity index (χ3v) is 5.91. The molecular formula is C21H23N3O5. The van der Waals surface area contributed by atoms with Gasteiger partial charge in [0.25, 0.3) is 5.56 Å². The first kappa shape index (κ1) is 19.3. The number of aromatic nitrogens is 2. The van der Waals surface area contributed by atoms with Crippen LogP contribution in [0.5, 0.6) is 0 Å². The van der Waals surface area contributed by atoms with Crippen molar-refractivity contribution in [3.63, 3.8) is 0 Å². The quantitative estimate of drug-likeness (QED) is 0.574. The number of carbonyl (C=O) groups is 3. The van der Waals surface area contributed by atoms with Gasteiger partial charge in [-0.15, -0.1) is 0 Å². The summed E-state index contributed by atoms with van der Waals surface area (Å²) in [4.78, 5) is 55.5. The Kier molecular flexibility index (Phi) is 4.94. The van der Waals surface area contributed by atoms with Gasteiger partial charge in [-0.05, 0) is 38.3 Å². The zero-order valence-corrected chi connectivity index (χ0v) is 16.5. The summed E-state index contributed by atoms with van der Waals surface area (Å²) in [6, 6.07) is 3.91. The van der Waals surface area contributed by atoms with Crippen LogP contribution >= 0.6 is 0 Å². The lowest BCUT2D eigenvalue weighted by Crippen LogP contribution is -2.44. The first-order chi connectivity index (χ1) is 13.9. The third-order valence-electron chi connectivity index (χ3n) is 5.91. The van der Waals surface area contributed by atoms with E-state index in [2.05, 4.69) is 4.98 Å². The molecule has 0 bridgehead atoms. The van der Waals surface area contributed by atoms with Gasteiger partial charge in [0.15, 0.2) is 0 Å². The van der Waals surface area contributed by atoms with Crippen LogP contribution in [0, 0.1) is 18.8 Å². The van der Waals surface area contributed by atoms with Crippen molar-refractivity contribution in [1.29, 1.82) is 0 Å². The summed E-state index contributed by atoms with van der Waals surface area (Å²) >= 11 is 0. The van der Waals surface area contributed by atoms with Gasteiger partial charge in [-0.25, -0.2) is 9.78 Å². The van der Waals surface area contributed by atoms with E-state index in [1.54, 1.807) is 12.3 Å². The number of hydrogen-bond donors (Lipinski definition) is 0. The number of esters is 1. The van der Waals surface area contributed by atoms with Crippen molar-refractivity contribution in [1.82, 2.24) is 14.3 Å². The number of aryl methyl sites for hydroxylation is 1. The van der Waals surface area contributed by atoms with E-state index in [4.69, 9.17) is 4.74 Å². The number of carbonyl (C=O) groups excluding carboxylic acids is 3. The molecular weight excluding hydrogens is 374 g/mol. The second kappa shape index (κ2) is 7.42. The lowest BCUT2D eigenvalue weighted by atomic mass is 9.81. The average molecular weight is 397 g/mol. The maximum atomic E-state index is 12.6. The van der Waals surface area contributed by atoms with Crippen molar-refractivity contribution in [2.45, 2.75) is 52.2 Å². The fraction of sp³-hybridized carbons (Fsp3) is 0.476. The molecule has 0 spiro atoms. The van der Waals surface area contributed by atoms with Crippen molar-refractivity contribution < 1.29 is 19.1 Å². The fourth-order valence-corrected chi connectivity index (χ4v) is 4.32.